The van der Waals surface area contributed by atoms with E-state index in [1.165, 1.54) is 17.7 Å². The SMILES string of the molecule is Nc1cc(F)ccc1SCc1ccc2ncccc2c1. The molecule has 0 fully saturated rings. The Morgan fingerprint density at radius 3 is 2.85 bits per heavy atom. The molecule has 0 bridgehead atoms. The molecule has 0 spiro atoms. The second-order valence-corrected chi connectivity index (χ2v) is 5.52. The third-order valence-corrected chi connectivity index (χ3v) is 4.19. The molecule has 3 aromatic rings. The van der Waals surface area contributed by atoms with E-state index in [0.717, 1.165) is 21.6 Å². The highest BCUT2D eigenvalue weighted by molar-refractivity contribution is 7.98. The van der Waals surface area contributed by atoms with Crippen LogP contribution < -0.4 is 5.73 Å². The number of rotatable bonds is 3. The number of nitrogens with zero attached hydrogens (tertiary/aromatic N) is 1. The molecule has 0 saturated carbocycles. The molecule has 0 atom stereocenters. The van der Waals surface area contributed by atoms with E-state index < -0.39 is 0 Å². The zero-order valence-electron chi connectivity index (χ0n) is 10.7. The van der Waals surface area contributed by atoms with Gasteiger partial charge >= 0.3 is 0 Å². The Labute approximate surface area is 120 Å². The molecule has 100 valence electrons. The van der Waals surface area contributed by atoms with Crippen LogP contribution in [0, 0.1) is 5.82 Å². The van der Waals surface area contributed by atoms with Crippen LogP contribution in [0.5, 0.6) is 0 Å². The van der Waals surface area contributed by atoms with Crippen molar-refractivity contribution in [1.82, 2.24) is 4.98 Å². The largest absolute Gasteiger partial charge is 0.398 e. The molecule has 2 aromatic carbocycles. The summed E-state index contributed by atoms with van der Waals surface area (Å²) in [4.78, 5) is 5.20. The molecule has 0 aliphatic rings. The number of pyridine rings is 1. The number of nitrogen functional groups attached to an aromatic ring is 1. The summed E-state index contributed by atoms with van der Waals surface area (Å²) < 4.78 is 13.0. The van der Waals surface area contributed by atoms with Gasteiger partial charge in [0.2, 0.25) is 0 Å². The molecule has 1 heterocycles. The van der Waals surface area contributed by atoms with Crippen molar-refractivity contribution in [1.29, 1.82) is 0 Å². The number of hydrogen-bond donors (Lipinski definition) is 1. The highest BCUT2D eigenvalue weighted by atomic mass is 32.2. The van der Waals surface area contributed by atoms with Crippen LogP contribution in [0.15, 0.2) is 59.6 Å². The molecule has 1 aromatic heterocycles. The molecule has 0 saturated heterocycles. The summed E-state index contributed by atoms with van der Waals surface area (Å²) >= 11 is 1.61. The van der Waals surface area contributed by atoms with Gasteiger partial charge in [0.15, 0.2) is 0 Å². The lowest BCUT2D eigenvalue weighted by atomic mass is 10.1. The second kappa shape index (κ2) is 5.51. The van der Waals surface area contributed by atoms with Crippen LogP contribution in [0.2, 0.25) is 0 Å². The van der Waals surface area contributed by atoms with Crippen LogP contribution in [0.4, 0.5) is 10.1 Å². The molecule has 2 nitrogen and oxygen atoms in total. The van der Waals surface area contributed by atoms with Crippen molar-refractivity contribution in [2.75, 3.05) is 5.73 Å². The van der Waals surface area contributed by atoms with Gasteiger partial charge in [0, 0.05) is 27.9 Å². The average molecular weight is 284 g/mol. The zero-order valence-corrected chi connectivity index (χ0v) is 11.5. The van der Waals surface area contributed by atoms with Gasteiger partial charge in [0.1, 0.15) is 5.82 Å². The normalized spacial score (nSPS) is 10.8. The lowest BCUT2D eigenvalue weighted by Crippen LogP contribution is -1.90. The highest BCUT2D eigenvalue weighted by Gasteiger charge is 2.03. The minimum absolute atomic E-state index is 0.302. The Morgan fingerprint density at radius 2 is 2.00 bits per heavy atom. The third-order valence-electron chi connectivity index (χ3n) is 3.03. The number of benzene rings is 2. The van der Waals surface area contributed by atoms with Crippen LogP contribution in [-0.2, 0) is 5.75 Å². The predicted molar refractivity (Wildman–Crippen MR) is 82.1 cm³/mol. The van der Waals surface area contributed by atoms with Gasteiger partial charge in [-0.25, -0.2) is 4.39 Å². The number of hydrogen-bond acceptors (Lipinski definition) is 3. The molecular weight excluding hydrogens is 271 g/mol. The van der Waals surface area contributed by atoms with E-state index in [9.17, 15) is 4.39 Å². The summed E-state index contributed by atoms with van der Waals surface area (Å²) in [6, 6.07) is 14.7. The van der Waals surface area contributed by atoms with Crippen molar-refractivity contribution in [2.45, 2.75) is 10.6 Å². The first kappa shape index (κ1) is 12.9. The van der Waals surface area contributed by atoms with E-state index in [0.29, 0.717) is 5.69 Å². The topological polar surface area (TPSA) is 38.9 Å². The molecule has 0 amide bonds. The number of anilines is 1. The third kappa shape index (κ3) is 2.75. The molecule has 0 radical (unpaired) electrons. The summed E-state index contributed by atoms with van der Waals surface area (Å²) in [5.41, 5.74) is 8.47. The van der Waals surface area contributed by atoms with Crippen molar-refractivity contribution in [3.8, 4) is 0 Å². The first-order chi connectivity index (χ1) is 9.72. The van der Waals surface area contributed by atoms with Gasteiger partial charge in [0.05, 0.1) is 5.52 Å². The molecule has 0 aliphatic carbocycles. The summed E-state index contributed by atoms with van der Waals surface area (Å²) in [6.45, 7) is 0. The Bertz CT molecular complexity index is 758. The standard InChI is InChI=1S/C16H13FN2S/c17-13-4-6-16(14(18)9-13)20-10-11-3-5-15-12(8-11)2-1-7-19-15/h1-9H,10,18H2. The van der Waals surface area contributed by atoms with Gasteiger partial charge in [-0.05, 0) is 42.0 Å². The van der Waals surface area contributed by atoms with Crippen molar-refractivity contribution in [3.05, 3.63) is 66.1 Å². The molecular formula is C16H13FN2S. The fraction of sp³-hybridized carbons (Fsp3) is 0.0625. The van der Waals surface area contributed by atoms with E-state index in [1.807, 2.05) is 18.2 Å². The molecule has 0 aliphatic heterocycles. The number of aromatic nitrogens is 1. The average Bonchev–Trinajstić information content (AvgIpc) is 2.46. The number of halogens is 1. The Morgan fingerprint density at radius 1 is 1.10 bits per heavy atom. The Kier molecular flexibility index (Phi) is 3.56. The highest BCUT2D eigenvalue weighted by Crippen LogP contribution is 2.29. The minimum Gasteiger partial charge on any atom is -0.398 e. The van der Waals surface area contributed by atoms with E-state index >= 15 is 0 Å². The van der Waals surface area contributed by atoms with Crippen LogP contribution in [0.25, 0.3) is 10.9 Å². The van der Waals surface area contributed by atoms with Crippen LogP contribution >= 0.6 is 11.8 Å². The first-order valence-electron chi connectivity index (χ1n) is 6.24. The smallest absolute Gasteiger partial charge is 0.125 e. The van der Waals surface area contributed by atoms with Gasteiger partial charge in [-0.3, -0.25) is 4.98 Å². The maximum atomic E-state index is 13.0. The summed E-state index contributed by atoms with van der Waals surface area (Å²) in [5.74, 6) is 0.490. The molecule has 0 unspecified atom stereocenters. The molecule has 2 N–H and O–H groups in total. The Hall–Kier alpha value is -2.07. The Balaban J connectivity index is 1.79. The van der Waals surface area contributed by atoms with E-state index in [-0.39, 0.29) is 5.82 Å². The van der Waals surface area contributed by atoms with Crippen LogP contribution in [-0.4, -0.2) is 4.98 Å². The first-order valence-corrected chi connectivity index (χ1v) is 7.22. The molecule has 20 heavy (non-hydrogen) atoms. The summed E-state index contributed by atoms with van der Waals surface area (Å²) in [5, 5.41) is 1.12. The summed E-state index contributed by atoms with van der Waals surface area (Å²) in [6.07, 6.45) is 1.79. The quantitative estimate of drug-likeness (QED) is 0.577. The monoisotopic (exact) mass is 284 g/mol. The lowest BCUT2D eigenvalue weighted by Gasteiger charge is -2.06. The van der Waals surface area contributed by atoms with Crippen LogP contribution in [0.3, 0.4) is 0 Å². The predicted octanol–water partition coefficient (Wildman–Crippen LogP) is 4.25. The van der Waals surface area contributed by atoms with Gasteiger partial charge in [-0.15, -0.1) is 11.8 Å². The minimum atomic E-state index is -0.302. The van der Waals surface area contributed by atoms with Crippen LogP contribution in [0.1, 0.15) is 5.56 Å². The van der Waals surface area contributed by atoms with Crippen molar-refractivity contribution in [3.63, 3.8) is 0 Å². The maximum absolute atomic E-state index is 13.0. The van der Waals surface area contributed by atoms with Crippen molar-refractivity contribution < 1.29 is 4.39 Å². The van der Waals surface area contributed by atoms with Gasteiger partial charge in [0.25, 0.3) is 0 Å². The van der Waals surface area contributed by atoms with Gasteiger partial charge < -0.3 is 5.73 Å². The van der Waals surface area contributed by atoms with Gasteiger partial charge in [-0.2, -0.15) is 0 Å². The van der Waals surface area contributed by atoms with Crippen molar-refractivity contribution in [2.24, 2.45) is 0 Å². The fourth-order valence-electron chi connectivity index (χ4n) is 2.03. The molecule has 3 rings (SSSR count). The van der Waals surface area contributed by atoms with Gasteiger partial charge in [-0.1, -0.05) is 12.1 Å². The number of thioether (sulfide) groups is 1. The van der Waals surface area contributed by atoms with Crippen molar-refractivity contribution >= 4 is 28.4 Å². The zero-order chi connectivity index (χ0) is 13.9. The lowest BCUT2D eigenvalue weighted by molar-refractivity contribution is 0.627. The van der Waals surface area contributed by atoms with E-state index in [2.05, 4.69) is 17.1 Å². The number of fused-ring (bicyclic) bond motifs is 1. The van der Waals surface area contributed by atoms with E-state index in [1.54, 1.807) is 24.0 Å². The number of nitrogens with two attached hydrogens (primary N) is 1. The second-order valence-electron chi connectivity index (χ2n) is 4.50. The van der Waals surface area contributed by atoms with E-state index in [4.69, 9.17) is 5.73 Å². The maximum Gasteiger partial charge on any atom is 0.125 e. The molecule has 4 heteroatoms. The summed E-state index contributed by atoms with van der Waals surface area (Å²) in [7, 11) is 0. The fourth-order valence-corrected chi connectivity index (χ4v) is 2.92.